The van der Waals surface area contributed by atoms with Gasteiger partial charge < -0.3 is 0 Å². The van der Waals surface area contributed by atoms with Gasteiger partial charge in [0.05, 0.1) is 0 Å². The van der Waals surface area contributed by atoms with Crippen LogP contribution < -0.4 is 5.30 Å². The molecule has 0 aliphatic heterocycles. The van der Waals surface area contributed by atoms with Crippen molar-refractivity contribution < 1.29 is 19.2 Å². The summed E-state index contributed by atoms with van der Waals surface area (Å²) in [4.78, 5) is 0. The fourth-order valence-electron chi connectivity index (χ4n) is 1.01. The van der Waals surface area contributed by atoms with Crippen LogP contribution in [0.4, 0.5) is 0 Å². The average Bonchev–Trinajstić information content (AvgIpc) is 1.84. The molecule has 0 radical (unpaired) electrons. The summed E-state index contributed by atoms with van der Waals surface area (Å²) < 4.78 is 0.572. The third kappa shape index (κ3) is 6.16. The minimum atomic E-state index is 0.572. The molecule has 0 heterocycles. The summed E-state index contributed by atoms with van der Waals surface area (Å²) in [5.74, 6) is 0. The number of hydrogen-bond acceptors (Lipinski definition) is 0. The Balaban J connectivity index is 0.000000354. The molecule has 12 heavy (non-hydrogen) atoms. The Bertz CT molecular complexity index is 187. The van der Waals surface area contributed by atoms with E-state index in [2.05, 4.69) is 60.5 Å². The molecular formula is C9H13ClPPd. The number of aryl methyl sites for hydroxylation is 2. The summed E-state index contributed by atoms with van der Waals surface area (Å²) in [7, 11) is 2.70. The summed E-state index contributed by atoms with van der Waals surface area (Å²) in [5, 5.41) is 1.27. The molecule has 0 N–H and O–H groups in total. The Labute approximate surface area is 92.7 Å². The average molecular weight is 294 g/mol. The van der Waals surface area contributed by atoms with E-state index in [1.54, 1.807) is 0 Å². The molecule has 1 unspecified atom stereocenters. The van der Waals surface area contributed by atoms with Gasteiger partial charge in [-0.25, -0.2) is 0 Å². The van der Waals surface area contributed by atoms with Crippen molar-refractivity contribution in [1.82, 2.24) is 0 Å². The normalized spacial score (nSPS) is 8.83. The zero-order valence-electron chi connectivity index (χ0n) is 7.21. The van der Waals surface area contributed by atoms with E-state index >= 15 is 0 Å². The Morgan fingerprint density at radius 1 is 1.25 bits per heavy atom. The molecule has 3 heteroatoms. The van der Waals surface area contributed by atoms with Crippen LogP contribution in [0, 0.1) is 13.8 Å². The second-order valence-electron chi connectivity index (χ2n) is 2.51. The van der Waals surface area contributed by atoms with Crippen LogP contribution in [0.5, 0.6) is 0 Å². The van der Waals surface area contributed by atoms with Crippen LogP contribution in [-0.4, -0.2) is 4.35 Å². The molecule has 1 atom stereocenters. The number of alkyl halides is 1. The van der Waals surface area contributed by atoms with Crippen molar-refractivity contribution in [2.24, 2.45) is 0 Å². The quantitative estimate of drug-likeness (QED) is 0.392. The van der Waals surface area contributed by atoms with Gasteiger partial charge in [-0.3, -0.25) is 0 Å². The van der Waals surface area contributed by atoms with Crippen molar-refractivity contribution in [3.05, 3.63) is 29.3 Å². The third-order valence-corrected chi connectivity index (χ3v) is 1.58. The molecule has 0 aliphatic rings. The predicted octanol–water partition coefficient (Wildman–Crippen LogP) is 2.53. The van der Waals surface area contributed by atoms with Crippen molar-refractivity contribution in [2.75, 3.05) is 4.35 Å². The van der Waals surface area contributed by atoms with Crippen LogP contribution in [0.2, 0.25) is 0 Å². The second kappa shape index (κ2) is 7.05. The number of rotatable bonds is 0. The monoisotopic (exact) mass is 293 g/mol. The van der Waals surface area contributed by atoms with Gasteiger partial charge >= 0.3 is 35.2 Å². The molecule has 0 saturated carbocycles. The van der Waals surface area contributed by atoms with E-state index in [1.165, 1.54) is 16.4 Å². The molecule has 0 saturated heterocycles. The Hall–Kier alpha value is 0.602. The predicted molar refractivity (Wildman–Crippen MR) is 56.0 cm³/mol. The van der Waals surface area contributed by atoms with Crippen LogP contribution >= 0.6 is 20.8 Å². The number of halogens is 1. The Morgan fingerprint density at radius 2 is 1.58 bits per heavy atom. The zero-order chi connectivity index (χ0) is 9.56. The summed E-state index contributed by atoms with van der Waals surface area (Å²) in [5.41, 5.74) is 2.67. The van der Waals surface area contributed by atoms with Crippen molar-refractivity contribution in [3.8, 4) is 0 Å². The van der Waals surface area contributed by atoms with Crippen LogP contribution in [0.3, 0.4) is 0 Å². The molecular weight excluding hydrogens is 281 g/mol. The van der Waals surface area contributed by atoms with Gasteiger partial charge in [-0.2, -0.15) is 0 Å². The molecule has 0 aromatic heterocycles. The summed E-state index contributed by atoms with van der Waals surface area (Å²) in [6.07, 6.45) is 0. The Kier molecular flexibility index (Phi) is 7.40. The maximum atomic E-state index is 4.93. The standard InChI is InChI=1S/C8H11P.CH2Cl.Pd/c1-6-3-7(2)5-8(9)4-6;1-2;/h3-5H,9H2,1-2H3;1H2;. The molecule has 1 aromatic rings. The van der Waals surface area contributed by atoms with Crippen LogP contribution in [0.25, 0.3) is 0 Å². The number of benzene rings is 1. The molecule has 1 rings (SSSR count). The summed E-state index contributed by atoms with van der Waals surface area (Å²) in [6.45, 7) is 4.22. The van der Waals surface area contributed by atoms with Gasteiger partial charge in [-0.05, 0) is 19.2 Å². The van der Waals surface area contributed by atoms with E-state index in [1.807, 2.05) is 0 Å². The van der Waals surface area contributed by atoms with Gasteiger partial charge in [-0.15, -0.1) is 9.24 Å². The van der Waals surface area contributed by atoms with Crippen molar-refractivity contribution >= 4 is 26.1 Å². The van der Waals surface area contributed by atoms with E-state index in [0.717, 1.165) is 0 Å². The number of hydrogen-bond donors (Lipinski definition) is 0. The van der Waals surface area contributed by atoms with E-state index in [9.17, 15) is 0 Å². The summed E-state index contributed by atoms with van der Waals surface area (Å²) >= 11 is 7.64. The molecule has 0 fully saturated rings. The van der Waals surface area contributed by atoms with E-state index in [-0.39, 0.29) is 0 Å². The fourth-order valence-corrected chi connectivity index (χ4v) is 1.54. The summed E-state index contributed by atoms with van der Waals surface area (Å²) in [6, 6.07) is 6.48. The molecule has 71 valence electrons. The van der Waals surface area contributed by atoms with Crippen LogP contribution in [0.1, 0.15) is 11.1 Å². The fraction of sp³-hybridized carbons (Fsp3) is 0.333. The van der Waals surface area contributed by atoms with Gasteiger partial charge in [0.1, 0.15) is 0 Å². The molecule has 1 aromatic carbocycles. The maximum absolute atomic E-state index is 4.93. The van der Waals surface area contributed by atoms with E-state index < -0.39 is 0 Å². The first kappa shape index (κ1) is 12.6. The van der Waals surface area contributed by atoms with Crippen molar-refractivity contribution in [1.29, 1.82) is 0 Å². The molecule has 0 amide bonds. The van der Waals surface area contributed by atoms with Gasteiger partial charge in [0, 0.05) is 0 Å². The SMILES string of the molecule is Cc1cc(C)cc(P)c1.Cl[CH2][Pd]. The zero-order valence-corrected chi connectivity index (χ0v) is 10.7. The first-order valence-electron chi connectivity index (χ1n) is 3.51. The van der Waals surface area contributed by atoms with Crippen LogP contribution in [-0.2, 0) is 19.2 Å². The first-order valence-corrected chi connectivity index (χ1v) is 5.72. The molecule has 0 aliphatic carbocycles. The van der Waals surface area contributed by atoms with Crippen molar-refractivity contribution in [3.63, 3.8) is 0 Å². The minimum absolute atomic E-state index is 0.572. The second-order valence-corrected chi connectivity index (χ2v) is 4.59. The van der Waals surface area contributed by atoms with E-state index in [4.69, 9.17) is 11.6 Å². The topological polar surface area (TPSA) is 0 Å². The Morgan fingerprint density at radius 3 is 1.83 bits per heavy atom. The molecule has 0 spiro atoms. The van der Waals surface area contributed by atoms with Gasteiger partial charge in [0.25, 0.3) is 0 Å². The van der Waals surface area contributed by atoms with E-state index in [0.29, 0.717) is 4.35 Å². The van der Waals surface area contributed by atoms with Crippen LogP contribution in [0.15, 0.2) is 18.2 Å². The third-order valence-electron chi connectivity index (χ3n) is 1.24. The van der Waals surface area contributed by atoms with Gasteiger partial charge in [0.2, 0.25) is 0 Å². The van der Waals surface area contributed by atoms with Crippen molar-refractivity contribution in [2.45, 2.75) is 13.8 Å². The molecule has 0 bridgehead atoms. The van der Waals surface area contributed by atoms with Gasteiger partial charge in [-0.1, -0.05) is 29.3 Å². The molecule has 0 nitrogen and oxygen atoms in total. The van der Waals surface area contributed by atoms with Gasteiger partial charge in [0.15, 0.2) is 0 Å². The first-order chi connectivity index (χ1) is 5.60.